The largest absolute Gasteiger partial charge is 0.496 e. The minimum atomic E-state index is -0.623. The molecule has 0 spiro atoms. The smallest absolute Gasteiger partial charge is 0.342 e. The Morgan fingerprint density at radius 1 is 1.20 bits per heavy atom. The van der Waals surface area contributed by atoms with Crippen LogP contribution in [0.15, 0.2) is 41.3 Å². The van der Waals surface area contributed by atoms with Crippen molar-refractivity contribution in [2.45, 2.75) is 11.8 Å². The highest BCUT2D eigenvalue weighted by molar-refractivity contribution is 7.98. The summed E-state index contributed by atoms with van der Waals surface area (Å²) in [4.78, 5) is 25.2. The number of amides is 1. The number of esters is 1. The van der Waals surface area contributed by atoms with Crippen LogP contribution in [0.4, 0.5) is 5.69 Å². The van der Waals surface area contributed by atoms with E-state index in [4.69, 9.17) is 21.1 Å². The number of nitrogens with one attached hydrogen (secondary N) is 1. The van der Waals surface area contributed by atoms with E-state index in [1.165, 1.54) is 18.9 Å². The number of halogens is 1. The number of ether oxygens (including phenoxy) is 2. The van der Waals surface area contributed by atoms with Crippen molar-refractivity contribution in [2.75, 3.05) is 25.3 Å². The highest BCUT2D eigenvalue weighted by Gasteiger charge is 2.16. The summed E-state index contributed by atoms with van der Waals surface area (Å²) in [7, 11) is 1.48. The Morgan fingerprint density at radius 3 is 2.64 bits per heavy atom. The first-order valence-electron chi connectivity index (χ1n) is 7.39. The lowest BCUT2D eigenvalue weighted by Gasteiger charge is -2.11. The lowest BCUT2D eigenvalue weighted by Crippen LogP contribution is -2.21. The molecule has 132 valence electrons. The third kappa shape index (κ3) is 5.14. The summed E-state index contributed by atoms with van der Waals surface area (Å²) < 4.78 is 10.3. The minimum Gasteiger partial charge on any atom is -0.496 e. The van der Waals surface area contributed by atoms with Crippen molar-refractivity contribution >= 4 is 40.9 Å². The van der Waals surface area contributed by atoms with Crippen LogP contribution in [0, 0.1) is 6.92 Å². The number of thioether (sulfide) groups is 1. The van der Waals surface area contributed by atoms with Crippen molar-refractivity contribution in [1.29, 1.82) is 0 Å². The molecule has 0 aliphatic carbocycles. The second kappa shape index (κ2) is 8.78. The van der Waals surface area contributed by atoms with Crippen LogP contribution in [0.5, 0.6) is 5.75 Å². The zero-order chi connectivity index (χ0) is 18.4. The highest BCUT2D eigenvalue weighted by atomic mass is 35.5. The third-order valence-electron chi connectivity index (χ3n) is 3.44. The van der Waals surface area contributed by atoms with Crippen molar-refractivity contribution in [3.63, 3.8) is 0 Å². The molecule has 2 rings (SSSR count). The SMILES string of the molecule is COc1cc(SC)ccc1C(=O)OCC(=O)Nc1cc(Cl)ccc1C. The van der Waals surface area contributed by atoms with Crippen molar-refractivity contribution in [1.82, 2.24) is 0 Å². The first-order chi connectivity index (χ1) is 11.9. The molecule has 0 heterocycles. The highest BCUT2D eigenvalue weighted by Crippen LogP contribution is 2.26. The first kappa shape index (κ1) is 19.1. The Bertz CT molecular complexity index is 795. The molecule has 25 heavy (non-hydrogen) atoms. The van der Waals surface area contributed by atoms with Gasteiger partial charge in [-0.05, 0) is 49.1 Å². The quantitative estimate of drug-likeness (QED) is 0.602. The number of hydrogen-bond donors (Lipinski definition) is 1. The van der Waals surface area contributed by atoms with E-state index in [-0.39, 0.29) is 5.56 Å². The zero-order valence-electron chi connectivity index (χ0n) is 14.1. The van der Waals surface area contributed by atoms with Crippen LogP contribution in [0.25, 0.3) is 0 Å². The number of carbonyl (C=O) groups excluding carboxylic acids is 2. The normalized spacial score (nSPS) is 10.2. The van der Waals surface area contributed by atoms with E-state index in [1.807, 2.05) is 13.2 Å². The predicted octanol–water partition coefficient (Wildman–Crippen LogP) is 4.17. The maximum atomic E-state index is 12.2. The summed E-state index contributed by atoms with van der Waals surface area (Å²) in [5, 5.41) is 3.18. The molecular formula is C18H18ClNO4S. The van der Waals surface area contributed by atoms with E-state index in [0.717, 1.165) is 10.5 Å². The molecule has 0 saturated carbocycles. The summed E-state index contributed by atoms with van der Waals surface area (Å²) in [6.45, 7) is 1.44. The molecule has 0 radical (unpaired) electrons. The molecule has 0 saturated heterocycles. The van der Waals surface area contributed by atoms with Crippen LogP contribution in [0.3, 0.4) is 0 Å². The molecular weight excluding hydrogens is 362 g/mol. The first-order valence-corrected chi connectivity index (χ1v) is 9.00. The molecule has 0 fully saturated rings. The second-order valence-corrected chi connectivity index (χ2v) is 6.47. The fraction of sp³-hybridized carbons (Fsp3) is 0.222. The molecule has 2 aromatic rings. The van der Waals surface area contributed by atoms with E-state index in [2.05, 4.69) is 5.32 Å². The molecule has 0 unspecified atom stereocenters. The van der Waals surface area contributed by atoms with E-state index in [0.29, 0.717) is 16.5 Å². The number of carbonyl (C=O) groups is 2. The van der Waals surface area contributed by atoms with Gasteiger partial charge >= 0.3 is 5.97 Å². The van der Waals surface area contributed by atoms with Gasteiger partial charge in [-0.2, -0.15) is 0 Å². The fourth-order valence-corrected chi connectivity index (χ4v) is 2.69. The van der Waals surface area contributed by atoms with Gasteiger partial charge in [-0.1, -0.05) is 17.7 Å². The maximum Gasteiger partial charge on any atom is 0.342 e. The number of benzene rings is 2. The molecule has 0 bridgehead atoms. The zero-order valence-corrected chi connectivity index (χ0v) is 15.7. The molecule has 0 aromatic heterocycles. The molecule has 5 nitrogen and oxygen atoms in total. The Kier molecular flexibility index (Phi) is 6.73. The lowest BCUT2D eigenvalue weighted by atomic mass is 10.2. The molecule has 7 heteroatoms. The standard InChI is InChI=1S/C18H18ClNO4S/c1-11-4-5-12(19)8-15(11)20-17(21)10-24-18(22)14-7-6-13(25-3)9-16(14)23-2/h4-9H,10H2,1-3H3,(H,20,21). The van der Waals surface area contributed by atoms with E-state index in [1.54, 1.807) is 36.4 Å². The summed E-state index contributed by atoms with van der Waals surface area (Å²) in [6.07, 6.45) is 1.93. The van der Waals surface area contributed by atoms with Gasteiger partial charge in [0.15, 0.2) is 6.61 Å². The summed E-state index contributed by atoms with van der Waals surface area (Å²) >= 11 is 7.45. The van der Waals surface area contributed by atoms with Gasteiger partial charge in [-0.15, -0.1) is 11.8 Å². The maximum absolute atomic E-state index is 12.2. The Labute approximate surface area is 155 Å². The van der Waals surface area contributed by atoms with Crippen molar-refractivity contribution in [2.24, 2.45) is 0 Å². The monoisotopic (exact) mass is 379 g/mol. The summed E-state index contributed by atoms with van der Waals surface area (Å²) in [5.74, 6) is -0.663. The van der Waals surface area contributed by atoms with Crippen LogP contribution >= 0.6 is 23.4 Å². The van der Waals surface area contributed by atoms with Gasteiger partial charge in [0.1, 0.15) is 11.3 Å². The van der Waals surface area contributed by atoms with E-state index < -0.39 is 18.5 Å². The molecule has 0 aliphatic rings. The van der Waals surface area contributed by atoms with Crippen molar-refractivity contribution in [3.05, 3.63) is 52.5 Å². The average molecular weight is 380 g/mol. The molecule has 0 atom stereocenters. The number of rotatable bonds is 6. The van der Waals surface area contributed by atoms with Gasteiger partial charge in [0.2, 0.25) is 0 Å². The predicted molar refractivity (Wildman–Crippen MR) is 99.9 cm³/mol. The number of anilines is 1. The third-order valence-corrected chi connectivity index (χ3v) is 4.40. The molecule has 2 aromatic carbocycles. The number of hydrogen-bond acceptors (Lipinski definition) is 5. The Morgan fingerprint density at radius 2 is 1.96 bits per heavy atom. The van der Waals surface area contributed by atoms with Crippen LogP contribution in [-0.2, 0) is 9.53 Å². The topological polar surface area (TPSA) is 64.6 Å². The van der Waals surface area contributed by atoms with Gasteiger partial charge < -0.3 is 14.8 Å². The summed E-state index contributed by atoms with van der Waals surface area (Å²) in [6, 6.07) is 10.3. The van der Waals surface area contributed by atoms with Gasteiger partial charge in [-0.3, -0.25) is 4.79 Å². The molecule has 0 aliphatic heterocycles. The number of aryl methyl sites for hydroxylation is 1. The van der Waals surface area contributed by atoms with Crippen LogP contribution in [0.2, 0.25) is 5.02 Å². The minimum absolute atomic E-state index is 0.270. The van der Waals surface area contributed by atoms with E-state index >= 15 is 0 Å². The molecule has 1 N–H and O–H groups in total. The Hall–Kier alpha value is -2.18. The van der Waals surface area contributed by atoms with Crippen molar-refractivity contribution in [3.8, 4) is 5.75 Å². The van der Waals surface area contributed by atoms with Gasteiger partial charge in [0.25, 0.3) is 5.91 Å². The van der Waals surface area contributed by atoms with Gasteiger partial charge in [-0.25, -0.2) is 4.79 Å². The van der Waals surface area contributed by atoms with Crippen molar-refractivity contribution < 1.29 is 19.1 Å². The number of methoxy groups -OCH3 is 1. The second-order valence-electron chi connectivity index (χ2n) is 5.15. The van der Waals surface area contributed by atoms with Gasteiger partial charge in [0.05, 0.1) is 7.11 Å². The average Bonchev–Trinajstić information content (AvgIpc) is 2.62. The van der Waals surface area contributed by atoms with E-state index in [9.17, 15) is 9.59 Å². The molecule has 1 amide bonds. The van der Waals surface area contributed by atoms with Gasteiger partial charge in [0, 0.05) is 15.6 Å². The lowest BCUT2D eigenvalue weighted by molar-refractivity contribution is -0.119. The summed E-state index contributed by atoms with van der Waals surface area (Å²) in [5.41, 5.74) is 1.71. The van der Waals surface area contributed by atoms with Crippen LogP contribution in [0.1, 0.15) is 15.9 Å². The fourth-order valence-electron chi connectivity index (χ4n) is 2.09. The van der Waals surface area contributed by atoms with Crippen LogP contribution < -0.4 is 10.1 Å². The van der Waals surface area contributed by atoms with Crippen LogP contribution in [-0.4, -0.2) is 31.8 Å². The Balaban J connectivity index is 2.00.